The molecule has 1 unspecified atom stereocenters. The van der Waals surface area contributed by atoms with Crippen LogP contribution >= 0.6 is 15.9 Å². The minimum absolute atomic E-state index is 0.724. The summed E-state index contributed by atoms with van der Waals surface area (Å²) in [6.07, 6.45) is 5.45. The Bertz CT molecular complexity index is 207. The summed E-state index contributed by atoms with van der Waals surface area (Å²) in [5.74, 6) is 0. The van der Waals surface area contributed by atoms with Gasteiger partial charge in [0.25, 0.3) is 0 Å². The maximum absolute atomic E-state index is 3.93. The number of halogens is 1. The van der Waals surface area contributed by atoms with Gasteiger partial charge in [0.05, 0.1) is 0 Å². The van der Waals surface area contributed by atoms with Gasteiger partial charge < -0.3 is 5.32 Å². The summed E-state index contributed by atoms with van der Waals surface area (Å²) in [5, 5.41) is 3.56. The largest absolute Gasteiger partial charge is 0.313 e. The predicted octanol–water partition coefficient (Wildman–Crippen LogP) is 2.11. The van der Waals surface area contributed by atoms with E-state index < -0.39 is 0 Å². The molecule has 0 aromatic heterocycles. The molecule has 1 heterocycles. The highest BCUT2D eigenvalue weighted by Crippen LogP contribution is 2.28. The Morgan fingerprint density at radius 1 is 1.43 bits per heavy atom. The zero-order chi connectivity index (χ0) is 9.97. The monoisotopic (exact) mass is 258 g/mol. The number of nitrogens with one attached hydrogen (secondary N) is 1. The molecule has 2 aliphatic rings. The second-order valence-electron chi connectivity index (χ2n) is 4.47. The Kier molecular flexibility index (Phi) is 3.63. The zero-order valence-electron chi connectivity index (χ0n) is 8.64. The van der Waals surface area contributed by atoms with Gasteiger partial charge in [-0.2, -0.15) is 0 Å². The van der Waals surface area contributed by atoms with E-state index in [0.717, 1.165) is 23.1 Å². The molecule has 2 nitrogen and oxygen atoms in total. The van der Waals surface area contributed by atoms with Crippen LogP contribution in [0.1, 0.15) is 25.7 Å². The third-order valence-electron chi connectivity index (χ3n) is 3.06. The summed E-state index contributed by atoms with van der Waals surface area (Å²) in [7, 11) is 0. The molecule has 0 radical (unpaired) electrons. The maximum atomic E-state index is 3.93. The average molecular weight is 259 g/mol. The van der Waals surface area contributed by atoms with Crippen molar-refractivity contribution in [2.75, 3.05) is 19.6 Å². The highest BCUT2D eigenvalue weighted by molar-refractivity contribution is 9.11. The van der Waals surface area contributed by atoms with Crippen molar-refractivity contribution < 1.29 is 0 Å². The lowest BCUT2D eigenvalue weighted by atomic mass is 10.2. The van der Waals surface area contributed by atoms with Crippen molar-refractivity contribution in [3.63, 3.8) is 0 Å². The van der Waals surface area contributed by atoms with Crippen LogP contribution in [-0.2, 0) is 0 Å². The van der Waals surface area contributed by atoms with E-state index >= 15 is 0 Å². The third-order valence-corrected chi connectivity index (χ3v) is 3.31. The molecule has 2 rings (SSSR count). The van der Waals surface area contributed by atoms with Gasteiger partial charge in [0.2, 0.25) is 0 Å². The van der Waals surface area contributed by atoms with Gasteiger partial charge in [0.15, 0.2) is 0 Å². The van der Waals surface area contributed by atoms with E-state index in [-0.39, 0.29) is 0 Å². The normalized spacial score (nSPS) is 27.1. The topological polar surface area (TPSA) is 15.3 Å². The van der Waals surface area contributed by atoms with Crippen molar-refractivity contribution in [3.8, 4) is 0 Å². The minimum Gasteiger partial charge on any atom is -0.313 e. The van der Waals surface area contributed by atoms with Crippen LogP contribution < -0.4 is 5.32 Å². The van der Waals surface area contributed by atoms with Crippen LogP contribution in [0.4, 0.5) is 0 Å². The Labute approximate surface area is 94.9 Å². The zero-order valence-corrected chi connectivity index (χ0v) is 10.2. The summed E-state index contributed by atoms with van der Waals surface area (Å²) >= 11 is 3.46. The van der Waals surface area contributed by atoms with E-state index in [9.17, 15) is 0 Å². The Hall–Kier alpha value is 0.140. The van der Waals surface area contributed by atoms with E-state index in [1.165, 1.54) is 38.8 Å². The first-order chi connectivity index (χ1) is 6.75. The van der Waals surface area contributed by atoms with Crippen LogP contribution in [0.15, 0.2) is 11.1 Å². The van der Waals surface area contributed by atoms with E-state index in [2.05, 4.69) is 32.7 Å². The van der Waals surface area contributed by atoms with Crippen molar-refractivity contribution >= 4 is 15.9 Å². The van der Waals surface area contributed by atoms with Gasteiger partial charge in [-0.1, -0.05) is 22.5 Å². The average Bonchev–Trinajstić information content (AvgIpc) is 2.85. The lowest BCUT2D eigenvalue weighted by Crippen LogP contribution is -2.39. The molecule has 1 saturated heterocycles. The van der Waals surface area contributed by atoms with Crippen molar-refractivity contribution in [2.45, 2.75) is 37.8 Å². The highest BCUT2D eigenvalue weighted by atomic mass is 79.9. The molecule has 0 aromatic rings. The molecule has 1 aliphatic carbocycles. The quantitative estimate of drug-likeness (QED) is 0.813. The maximum Gasteiger partial charge on any atom is 0.0297 e. The highest BCUT2D eigenvalue weighted by Gasteiger charge is 2.31. The molecule has 14 heavy (non-hydrogen) atoms. The van der Waals surface area contributed by atoms with Crippen molar-refractivity contribution in [3.05, 3.63) is 11.1 Å². The van der Waals surface area contributed by atoms with Gasteiger partial charge in [-0.3, -0.25) is 4.90 Å². The molecule has 1 N–H and O–H groups in total. The fourth-order valence-corrected chi connectivity index (χ4v) is 2.52. The van der Waals surface area contributed by atoms with Gasteiger partial charge in [0, 0.05) is 29.7 Å². The fraction of sp³-hybridized carbons (Fsp3) is 0.818. The summed E-state index contributed by atoms with van der Waals surface area (Å²) in [6, 6.07) is 1.56. The fourth-order valence-electron chi connectivity index (χ4n) is 2.20. The Morgan fingerprint density at radius 3 is 2.71 bits per heavy atom. The molecule has 1 atom stereocenters. The lowest BCUT2D eigenvalue weighted by Gasteiger charge is -2.25. The lowest BCUT2D eigenvalue weighted by molar-refractivity contribution is 0.263. The number of hydrogen-bond donors (Lipinski definition) is 1. The molecule has 1 aliphatic heterocycles. The standard InChI is InChI=1S/C11H19BrN2/c1-9(12)7-14(11-4-5-11)8-10-3-2-6-13-10/h10-11,13H,1-8H2. The van der Waals surface area contributed by atoms with E-state index in [1.54, 1.807) is 0 Å². The van der Waals surface area contributed by atoms with E-state index in [4.69, 9.17) is 0 Å². The van der Waals surface area contributed by atoms with Crippen LogP contribution in [-0.4, -0.2) is 36.6 Å². The van der Waals surface area contributed by atoms with Crippen LogP contribution in [0.2, 0.25) is 0 Å². The summed E-state index contributed by atoms with van der Waals surface area (Å²) in [4.78, 5) is 2.57. The Morgan fingerprint density at radius 2 is 2.21 bits per heavy atom. The van der Waals surface area contributed by atoms with Crippen LogP contribution in [0, 0.1) is 0 Å². The molecular formula is C11H19BrN2. The second kappa shape index (κ2) is 4.77. The molecular weight excluding hydrogens is 240 g/mol. The van der Waals surface area contributed by atoms with Crippen molar-refractivity contribution in [1.82, 2.24) is 10.2 Å². The molecule has 1 saturated carbocycles. The molecule has 2 fully saturated rings. The van der Waals surface area contributed by atoms with Gasteiger partial charge in [-0.05, 0) is 32.2 Å². The predicted molar refractivity (Wildman–Crippen MR) is 63.7 cm³/mol. The first-order valence-electron chi connectivity index (χ1n) is 5.56. The van der Waals surface area contributed by atoms with Crippen LogP contribution in [0.5, 0.6) is 0 Å². The number of nitrogens with zero attached hydrogens (tertiary/aromatic N) is 1. The number of hydrogen-bond acceptors (Lipinski definition) is 2. The molecule has 80 valence electrons. The third kappa shape index (κ3) is 3.07. The molecule has 0 amide bonds. The van der Waals surface area contributed by atoms with E-state index in [0.29, 0.717) is 0 Å². The number of rotatable bonds is 5. The Balaban J connectivity index is 1.80. The first-order valence-corrected chi connectivity index (χ1v) is 6.35. The van der Waals surface area contributed by atoms with Crippen LogP contribution in [0.3, 0.4) is 0 Å². The summed E-state index contributed by atoms with van der Waals surface area (Å²) in [5.41, 5.74) is 0. The first kappa shape index (κ1) is 10.7. The smallest absolute Gasteiger partial charge is 0.0297 e. The van der Waals surface area contributed by atoms with Crippen molar-refractivity contribution in [1.29, 1.82) is 0 Å². The molecule has 0 spiro atoms. The SMILES string of the molecule is C=C(Br)CN(CC1CCCN1)C1CC1. The van der Waals surface area contributed by atoms with Gasteiger partial charge in [-0.15, -0.1) is 0 Å². The second-order valence-corrected chi connectivity index (χ2v) is 5.59. The molecule has 0 aromatic carbocycles. The van der Waals surface area contributed by atoms with Crippen molar-refractivity contribution in [2.24, 2.45) is 0 Å². The van der Waals surface area contributed by atoms with Gasteiger partial charge in [0.1, 0.15) is 0 Å². The van der Waals surface area contributed by atoms with Gasteiger partial charge in [-0.25, -0.2) is 0 Å². The minimum atomic E-state index is 0.724. The summed E-state index contributed by atoms with van der Waals surface area (Å²) in [6.45, 7) is 7.36. The van der Waals surface area contributed by atoms with Gasteiger partial charge >= 0.3 is 0 Å². The van der Waals surface area contributed by atoms with E-state index in [1.807, 2.05) is 0 Å². The van der Waals surface area contributed by atoms with Crippen LogP contribution in [0.25, 0.3) is 0 Å². The summed E-state index contributed by atoms with van der Waals surface area (Å²) < 4.78 is 1.11. The molecule has 0 bridgehead atoms. The molecule has 3 heteroatoms.